The van der Waals surface area contributed by atoms with Gasteiger partial charge in [-0.05, 0) is 36.0 Å². The highest BCUT2D eigenvalue weighted by atomic mass is 15.1. The summed E-state index contributed by atoms with van der Waals surface area (Å²) in [5, 5.41) is 0. The van der Waals surface area contributed by atoms with Crippen LogP contribution in [0.2, 0.25) is 0 Å². The van der Waals surface area contributed by atoms with Gasteiger partial charge in [-0.2, -0.15) is 0 Å². The van der Waals surface area contributed by atoms with Gasteiger partial charge in [0.15, 0.2) is 0 Å². The summed E-state index contributed by atoms with van der Waals surface area (Å²) < 4.78 is 0. The number of nitrogens with zero attached hydrogens (tertiary/aromatic N) is 1. The zero-order valence-electron chi connectivity index (χ0n) is 9.52. The molecule has 1 aliphatic carbocycles. The molecule has 1 aromatic carbocycles. The molecule has 1 heterocycles. The van der Waals surface area contributed by atoms with Crippen LogP contribution in [-0.4, -0.2) is 18.0 Å². The number of rotatable bonds is 1. The molecule has 1 heteroatoms. The first-order valence-electron chi connectivity index (χ1n) is 6.11. The van der Waals surface area contributed by atoms with Crippen LogP contribution < -0.4 is 0 Å². The van der Waals surface area contributed by atoms with E-state index in [1.54, 1.807) is 0 Å². The van der Waals surface area contributed by atoms with E-state index >= 15 is 0 Å². The van der Waals surface area contributed by atoms with Gasteiger partial charge in [0.25, 0.3) is 0 Å². The summed E-state index contributed by atoms with van der Waals surface area (Å²) in [6.45, 7) is 2.24. The molecule has 0 amide bonds. The predicted octanol–water partition coefficient (Wildman–Crippen LogP) is 3.24. The van der Waals surface area contributed by atoms with Crippen LogP contribution in [0.25, 0.3) is 5.57 Å². The Hall–Kier alpha value is -1.50. The lowest BCUT2D eigenvalue weighted by Gasteiger charge is -2.22. The van der Waals surface area contributed by atoms with Gasteiger partial charge in [0, 0.05) is 19.3 Å². The van der Waals surface area contributed by atoms with Crippen molar-refractivity contribution in [1.29, 1.82) is 0 Å². The van der Waals surface area contributed by atoms with Crippen LogP contribution in [0, 0.1) is 0 Å². The maximum absolute atomic E-state index is 2.43. The number of aryl methyl sites for hydroxylation is 1. The van der Waals surface area contributed by atoms with E-state index < -0.39 is 0 Å². The third-order valence-corrected chi connectivity index (χ3v) is 3.45. The highest BCUT2D eigenvalue weighted by Gasteiger charge is 2.16. The standard InChI is InChI=1S/C15H17N/c1-4-10-16(11-5-1)12-14-9-8-13-6-2-3-7-15(13)14/h1-4,6-7,12H,5,8-11H2/b14-12-. The van der Waals surface area contributed by atoms with Crippen LogP contribution in [0.4, 0.5) is 0 Å². The van der Waals surface area contributed by atoms with E-state index in [0.717, 1.165) is 6.54 Å². The lowest BCUT2D eigenvalue weighted by atomic mass is 10.1. The largest absolute Gasteiger partial charge is 0.373 e. The number of allylic oxidation sites excluding steroid dienone is 1. The molecular formula is C15H17N. The summed E-state index contributed by atoms with van der Waals surface area (Å²) in [4.78, 5) is 2.43. The second-order valence-electron chi connectivity index (χ2n) is 4.57. The van der Waals surface area contributed by atoms with E-state index in [9.17, 15) is 0 Å². The van der Waals surface area contributed by atoms with E-state index in [-0.39, 0.29) is 0 Å². The second kappa shape index (κ2) is 4.17. The van der Waals surface area contributed by atoms with E-state index in [2.05, 4.69) is 47.5 Å². The average molecular weight is 211 g/mol. The molecule has 0 atom stereocenters. The van der Waals surface area contributed by atoms with Gasteiger partial charge in [-0.1, -0.05) is 36.4 Å². The Morgan fingerprint density at radius 2 is 2.00 bits per heavy atom. The molecule has 2 aliphatic rings. The van der Waals surface area contributed by atoms with Crippen molar-refractivity contribution < 1.29 is 0 Å². The monoisotopic (exact) mass is 211 g/mol. The minimum atomic E-state index is 1.08. The van der Waals surface area contributed by atoms with Crippen molar-refractivity contribution in [2.75, 3.05) is 13.1 Å². The summed E-state index contributed by atoms with van der Waals surface area (Å²) in [5.74, 6) is 0. The van der Waals surface area contributed by atoms with Gasteiger partial charge in [-0.15, -0.1) is 0 Å². The molecule has 16 heavy (non-hydrogen) atoms. The van der Waals surface area contributed by atoms with Crippen LogP contribution in [-0.2, 0) is 6.42 Å². The van der Waals surface area contributed by atoms with Crippen molar-refractivity contribution in [3.05, 3.63) is 53.7 Å². The fourth-order valence-electron chi connectivity index (χ4n) is 2.59. The Bertz CT molecular complexity index is 443. The van der Waals surface area contributed by atoms with Gasteiger partial charge in [0.1, 0.15) is 0 Å². The Morgan fingerprint density at radius 1 is 1.06 bits per heavy atom. The second-order valence-corrected chi connectivity index (χ2v) is 4.57. The quantitative estimate of drug-likeness (QED) is 0.645. The zero-order valence-corrected chi connectivity index (χ0v) is 9.52. The van der Waals surface area contributed by atoms with E-state index in [1.165, 1.54) is 42.5 Å². The lowest BCUT2D eigenvalue weighted by Crippen LogP contribution is -2.21. The van der Waals surface area contributed by atoms with Crippen molar-refractivity contribution in [2.45, 2.75) is 19.3 Å². The van der Waals surface area contributed by atoms with Crippen LogP contribution in [0.5, 0.6) is 0 Å². The SMILES string of the molecule is C1=CCN(/C=C2/CCc3ccccc32)CC1. The maximum atomic E-state index is 2.43. The molecule has 0 N–H and O–H groups in total. The van der Waals surface area contributed by atoms with Crippen LogP contribution in [0.1, 0.15) is 24.0 Å². The van der Waals surface area contributed by atoms with Crippen LogP contribution >= 0.6 is 0 Å². The normalized spacial score (nSPS) is 21.5. The van der Waals surface area contributed by atoms with Gasteiger partial charge in [0.05, 0.1) is 0 Å². The van der Waals surface area contributed by atoms with Crippen LogP contribution in [0.3, 0.4) is 0 Å². The molecule has 82 valence electrons. The first-order valence-corrected chi connectivity index (χ1v) is 6.11. The number of hydrogen-bond acceptors (Lipinski definition) is 1. The summed E-state index contributed by atoms with van der Waals surface area (Å²) in [7, 11) is 0. The smallest absolute Gasteiger partial charge is 0.0354 e. The molecule has 0 fully saturated rings. The molecule has 1 aliphatic heterocycles. The molecule has 0 saturated heterocycles. The Morgan fingerprint density at radius 3 is 2.88 bits per heavy atom. The van der Waals surface area contributed by atoms with Gasteiger partial charge in [-0.3, -0.25) is 0 Å². The Balaban J connectivity index is 1.86. The van der Waals surface area contributed by atoms with Gasteiger partial charge in [-0.25, -0.2) is 0 Å². The molecule has 0 radical (unpaired) electrons. The molecule has 0 spiro atoms. The molecule has 0 unspecified atom stereocenters. The predicted molar refractivity (Wildman–Crippen MR) is 68.1 cm³/mol. The van der Waals surface area contributed by atoms with Crippen molar-refractivity contribution in [1.82, 2.24) is 4.90 Å². The molecule has 0 bridgehead atoms. The van der Waals surface area contributed by atoms with Crippen molar-refractivity contribution >= 4 is 5.57 Å². The summed E-state index contributed by atoms with van der Waals surface area (Å²) in [6, 6.07) is 8.81. The van der Waals surface area contributed by atoms with Gasteiger partial charge >= 0.3 is 0 Å². The fourth-order valence-corrected chi connectivity index (χ4v) is 2.59. The van der Waals surface area contributed by atoms with Gasteiger partial charge in [0.2, 0.25) is 0 Å². The zero-order chi connectivity index (χ0) is 10.8. The third kappa shape index (κ3) is 1.78. The molecular weight excluding hydrogens is 194 g/mol. The summed E-state index contributed by atoms with van der Waals surface area (Å²) in [5.41, 5.74) is 4.50. The first-order chi connectivity index (χ1) is 7.93. The molecule has 1 aromatic rings. The number of hydrogen-bond donors (Lipinski definition) is 0. The fraction of sp³-hybridized carbons (Fsp3) is 0.333. The van der Waals surface area contributed by atoms with E-state index in [1.807, 2.05) is 0 Å². The minimum absolute atomic E-state index is 1.08. The molecule has 0 aromatic heterocycles. The summed E-state index contributed by atoms with van der Waals surface area (Å²) in [6.07, 6.45) is 10.5. The first kappa shape index (κ1) is 9.71. The van der Waals surface area contributed by atoms with Crippen molar-refractivity contribution in [3.8, 4) is 0 Å². The lowest BCUT2D eigenvalue weighted by molar-refractivity contribution is 0.410. The topological polar surface area (TPSA) is 3.24 Å². The molecule has 1 nitrogen and oxygen atoms in total. The van der Waals surface area contributed by atoms with Crippen molar-refractivity contribution in [3.63, 3.8) is 0 Å². The minimum Gasteiger partial charge on any atom is -0.373 e. The molecule has 3 rings (SSSR count). The van der Waals surface area contributed by atoms with E-state index in [0.29, 0.717) is 0 Å². The Kier molecular flexibility index (Phi) is 2.53. The van der Waals surface area contributed by atoms with Crippen molar-refractivity contribution in [2.24, 2.45) is 0 Å². The number of benzene rings is 1. The highest BCUT2D eigenvalue weighted by Crippen LogP contribution is 2.32. The van der Waals surface area contributed by atoms with Gasteiger partial charge < -0.3 is 4.90 Å². The Labute approximate surface area is 97.1 Å². The molecule has 0 saturated carbocycles. The average Bonchev–Trinajstić information content (AvgIpc) is 2.74. The van der Waals surface area contributed by atoms with E-state index in [4.69, 9.17) is 0 Å². The van der Waals surface area contributed by atoms with Crippen LogP contribution in [0.15, 0.2) is 42.6 Å². The highest BCUT2D eigenvalue weighted by molar-refractivity contribution is 5.72. The summed E-state index contributed by atoms with van der Waals surface area (Å²) >= 11 is 0. The third-order valence-electron chi connectivity index (χ3n) is 3.45. The number of fused-ring (bicyclic) bond motifs is 1. The maximum Gasteiger partial charge on any atom is 0.0354 e.